The topological polar surface area (TPSA) is 51.8 Å². The zero-order valence-corrected chi connectivity index (χ0v) is 7.13. The number of nitrogens with zero attached hydrogens (tertiary/aromatic N) is 2. The predicted octanol–water partition coefficient (Wildman–Crippen LogP) is 1.49. The van der Waals surface area contributed by atoms with Crippen LogP contribution in [0.25, 0.3) is 0 Å². The minimum atomic E-state index is 0.399. The van der Waals surface area contributed by atoms with E-state index in [2.05, 4.69) is 23.8 Å². The van der Waals surface area contributed by atoms with Gasteiger partial charge in [0.05, 0.1) is 0 Å². The summed E-state index contributed by atoms with van der Waals surface area (Å²) in [6, 6.07) is 0. The summed E-state index contributed by atoms with van der Waals surface area (Å²) in [6.45, 7) is 5.98. The third-order valence-corrected chi connectivity index (χ3v) is 1.59. The van der Waals surface area contributed by atoms with E-state index in [9.17, 15) is 0 Å². The van der Waals surface area contributed by atoms with Crippen LogP contribution < -0.4 is 5.73 Å². The minimum Gasteiger partial charge on any atom is -0.383 e. The third-order valence-electron chi connectivity index (χ3n) is 1.59. The van der Waals surface area contributed by atoms with Gasteiger partial charge in [0.2, 0.25) is 0 Å². The van der Waals surface area contributed by atoms with E-state index in [0.29, 0.717) is 11.7 Å². The highest BCUT2D eigenvalue weighted by Gasteiger charge is 2.04. The number of aryl methyl sites for hydroxylation is 1. The molecule has 0 radical (unpaired) electrons. The van der Waals surface area contributed by atoms with Crippen molar-refractivity contribution in [3.05, 3.63) is 17.6 Å². The Morgan fingerprint density at radius 1 is 1.45 bits per heavy atom. The minimum absolute atomic E-state index is 0.399. The van der Waals surface area contributed by atoms with Gasteiger partial charge in [-0.1, -0.05) is 13.8 Å². The van der Waals surface area contributed by atoms with Gasteiger partial charge in [0, 0.05) is 11.8 Å². The molecule has 3 nitrogen and oxygen atoms in total. The van der Waals surface area contributed by atoms with Crippen LogP contribution in [0.2, 0.25) is 0 Å². The Hall–Kier alpha value is -1.12. The molecule has 0 aliphatic carbocycles. The molecule has 0 amide bonds. The molecule has 0 saturated heterocycles. The van der Waals surface area contributed by atoms with Gasteiger partial charge in [0.15, 0.2) is 0 Å². The van der Waals surface area contributed by atoms with Crippen molar-refractivity contribution in [3.8, 4) is 0 Å². The Kier molecular flexibility index (Phi) is 2.08. The largest absolute Gasteiger partial charge is 0.383 e. The van der Waals surface area contributed by atoms with Gasteiger partial charge in [-0.15, -0.1) is 0 Å². The molecule has 11 heavy (non-hydrogen) atoms. The van der Waals surface area contributed by atoms with E-state index < -0.39 is 0 Å². The van der Waals surface area contributed by atoms with Gasteiger partial charge in [0.1, 0.15) is 11.6 Å². The van der Waals surface area contributed by atoms with Gasteiger partial charge in [-0.05, 0) is 12.8 Å². The van der Waals surface area contributed by atoms with Crippen molar-refractivity contribution in [2.45, 2.75) is 26.7 Å². The fourth-order valence-electron chi connectivity index (χ4n) is 0.942. The summed E-state index contributed by atoms with van der Waals surface area (Å²) in [7, 11) is 0. The molecule has 0 spiro atoms. The highest BCUT2D eigenvalue weighted by atomic mass is 14.9. The Labute approximate surface area is 66.7 Å². The maximum Gasteiger partial charge on any atom is 0.130 e. The summed E-state index contributed by atoms with van der Waals surface area (Å²) in [5, 5.41) is 0. The first-order valence-electron chi connectivity index (χ1n) is 3.70. The van der Waals surface area contributed by atoms with Crippen LogP contribution in [0.5, 0.6) is 0 Å². The van der Waals surface area contributed by atoms with Crippen LogP contribution in [0, 0.1) is 6.92 Å². The molecule has 0 fully saturated rings. The first kappa shape index (κ1) is 7.98. The van der Waals surface area contributed by atoms with Crippen molar-refractivity contribution in [1.82, 2.24) is 9.97 Å². The highest BCUT2D eigenvalue weighted by Crippen LogP contribution is 2.17. The van der Waals surface area contributed by atoms with E-state index in [4.69, 9.17) is 5.73 Å². The van der Waals surface area contributed by atoms with Crippen LogP contribution in [0.15, 0.2) is 6.20 Å². The fraction of sp³-hybridized carbons (Fsp3) is 0.500. The lowest BCUT2D eigenvalue weighted by molar-refractivity contribution is 0.844. The Morgan fingerprint density at radius 3 is 2.55 bits per heavy atom. The van der Waals surface area contributed by atoms with Crippen molar-refractivity contribution < 1.29 is 0 Å². The predicted molar refractivity (Wildman–Crippen MR) is 45.3 cm³/mol. The van der Waals surface area contributed by atoms with Crippen molar-refractivity contribution in [3.63, 3.8) is 0 Å². The Balaban J connectivity index is 3.09. The smallest absolute Gasteiger partial charge is 0.130 e. The lowest BCUT2D eigenvalue weighted by Crippen LogP contribution is -2.02. The van der Waals surface area contributed by atoms with Crippen molar-refractivity contribution in [2.24, 2.45) is 0 Å². The molecule has 1 aromatic rings. The van der Waals surface area contributed by atoms with Gasteiger partial charge in [-0.2, -0.15) is 0 Å². The number of aromatic nitrogens is 2. The summed E-state index contributed by atoms with van der Waals surface area (Å²) in [6.07, 6.45) is 1.79. The number of hydrogen-bond donors (Lipinski definition) is 1. The highest BCUT2D eigenvalue weighted by molar-refractivity contribution is 5.39. The molecule has 60 valence electrons. The molecule has 1 rings (SSSR count). The zero-order valence-electron chi connectivity index (χ0n) is 7.13. The molecule has 3 heteroatoms. The molecular weight excluding hydrogens is 138 g/mol. The summed E-state index contributed by atoms with van der Waals surface area (Å²) >= 11 is 0. The molecule has 2 N–H and O–H groups in total. The van der Waals surface area contributed by atoms with Gasteiger partial charge >= 0.3 is 0 Å². The van der Waals surface area contributed by atoms with Gasteiger partial charge < -0.3 is 5.73 Å². The lowest BCUT2D eigenvalue weighted by atomic mass is 10.1. The summed E-state index contributed by atoms with van der Waals surface area (Å²) in [5.74, 6) is 1.73. The maximum atomic E-state index is 5.67. The number of rotatable bonds is 1. The Morgan fingerprint density at radius 2 is 2.09 bits per heavy atom. The van der Waals surface area contributed by atoms with E-state index in [1.54, 1.807) is 6.20 Å². The van der Waals surface area contributed by atoms with Crippen LogP contribution in [0.4, 0.5) is 5.82 Å². The molecule has 0 aliphatic heterocycles. The molecule has 0 bridgehead atoms. The standard InChI is InChI=1S/C8H13N3/c1-5(2)7-4-10-6(3)11-8(7)9/h4-5H,1-3H3,(H2,9,10,11). The first-order valence-corrected chi connectivity index (χ1v) is 3.70. The Bertz CT molecular complexity index is 256. The van der Waals surface area contributed by atoms with Crippen molar-refractivity contribution >= 4 is 5.82 Å². The molecule has 0 aromatic carbocycles. The number of nitrogen functional groups attached to an aromatic ring is 1. The molecule has 0 saturated carbocycles. The van der Waals surface area contributed by atoms with E-state index >= 15 is 0 Å². The zero-order chi connectivity index (χ0) is 8.43. The summed E-state index contributed by atoms with van der Waals surface area (Å²) in [5.41, 5.74) is 6.69. The monoisotopic (exact) mass is 151 g/mol. The molecule has 1 heterocycles. The second-order valence-electron chi connectivity index (χ2n) is 2.91. The van der Waals surface area contributed by atoms with Crippen molar-refractivity contribution in [1.29, 1.82) is 0 Å². The van der Waals surface area contributed by atoms with Crippen LogP contribution in [0.1, 0.15) is 31.2 Å². The number of nitrogens with two attached hydrogens (primary N) is 1. The van der Waals surface area contributed by atoms with Gasteiger partial charge in [-0.3, -0.25) is 0 Å². The molecular formula is C8H13N3. The van der Waals surface area contributed by atoms with E-state index in [-0.39, 0.29) is 0 Å². The number of hydrogen-bond acceptors (Lipinski definition) is 3. The maximum absolute atomic E-state index is 5.67. The molecule has 0 atom stereocenters. The van der Waals surface area contributed by atoms with Gasteiger partial charge in [0.25, 0.3) is 0 Å². The van der Waals surface area contributed by atoms with Crippen LogP contribution in [0.3, 0.4) is 0 Å². The van der Waals surface area contributed by atoms with E-state index in [1.165, 1.54) is 0 Å². The second kappa shape index (κ2) is 2.86. The average Bonchev–Trinajstić information content (AvgIpc) is 1.85. The normalized spacial score (nSPS) is 10.5. The lowest BCUT2D eigenvalue weighted by Gasteiger charge is -2.06. The van der Waals surface area contributed by atoms with Gasteiger partial charge in [-0.25, -0.2) is 9.97 Å². The number of anilines is 1. The molecule has 0 aliphatic rings. The van der Waals surface area contributed by atoms with Crippen LogP contribution >= 0.6 is 0 Å². The first-order chi connectivity index (χ1) is 5.11. The average molecular weight is 151 g/mol. The van der Waals surface area contributed by atoms with Crippen LogP contribution in [-0.4, -0.2) is 9.97 Å². The van der Waals surface area contributed by atoms with Crippen LogP contribution in [-0.2, 0) is 0 Å². The third kappa shape index (κ3) is 1.67. The SMILES string of the molecule is Cc1ncc(C(C)C)c(N)n1. The van der Waals surface area contributed by atoms with E-state index in [0.717, 1.165) is 11.4 Å². The fourth-order valence-corrected chi connectivity index (χ4v) is 0.942. The molecule has 1 aromatic heterocycles. The quantitative estimate of drug-likeness (QED) is 0.661. The van der Waals surface area contributed by atoms with Crippen molar-refractivity contribution in [2.75, 3.05) is 5.73 Å². The van der Waals surface area contributed by atoms with E-state index in [1.807, 2.05) is 6.92 Å². The molecule has 0 unspecified atom stereocenters. The second-order valence-corrected chi connectivity index (χ2v) is 2.91. The summed E-state index contributed by atoms with van der Waals surface area (Å²) < 4.78 is 0. The summed E-state index contributed by atoms with van der Waals surface area (Å²) in [4.78, 5) is 8.13.